The van der Waals surface area contributed by atoms with Crippen molar-refractivity contribution >= 4 is 70.0 Å². The molecule has 0 aliphatic carbocycles. The van der Waals surface area contributed by atoms with Crippen LogP contribution < -0.4 is 15.8 Å². The molecule has 0 saturated heterocycles. The highest BCUT2D eigenvalue weighted by atomic mass is 79.9. The molecule has 8 nitrogen and oxygen atoms in total. The van der Waals surface area contributed by atoms with E-state index in [-0.39, 0.29) is 10.6 Å². The fourth-order valence-corrected chi connectivity index (χ4v) is 4.20. The predicted molar refractivity (Wildman–Crippen MR) is 114 cm³/mol. The van der Waals surface area contributed by atoms with Crippen molar-refractivity contribution in [3.05, 3.63) is 59.1 Å². The molecule has 0 aliphatic rings. The second-order valence-corrected chi connectivity index (χ2v) is 9.31. The average molecular weight is 495 g/mol. The number of fused-ring (bicyclic) bond motifs is 1. The topological polar surface area (TPSA) is 123 Å². The number of benzene rings is 2. The van der Waals surface area contributed by atoms with E-state index in [0.717, 1.165) is 0 Å². The largest absolute Gasteiger partial charge is 0.336 e. The summed E-state index contributed by atoms with van der Waals surface area (Å²) in [5.74, 6) is -0.00436. The lowest BCUT2D eigenvalue weighted by molar-refractivity contribution is 0.598. The molecule has 0 unspecified atom stereocenters. The summed E-state index contributed by atoms with van der Waals surface area (Å²) >= 11 is 4.49. The first-order chi connectivity index (χ1) is 13.8. The Kier molecular flexibility index (Phi) is 5.17. The first-order valence-corrected chi connectivity index (χ1v) is 11.2. The highest BCUT2D eigenvalue weighted by molar-refractivity contribution is 9.10. The van der Waals surface area contributed by atoms with Gasteiger partial charge in [0, 0.05) is 10.2 Å². The first kappa shape index (κ1) is 19.6. The summed E-state index contributed by atoms with van der Waals surface area (Å²) in [6.07, 6.45) is 1.34. The van der Waals surface area contributed by atoms with Gasteiger partial charge in [0.2, 0.25) is 10.0 Å². The van der Waals surface area contributed by atoms with Gasteiger partial charge in [0.15, 0.2) is 16.6 Å². The maximum atomic E-state index is 14.1. The van der Waals surface area contributed by atoms with Gasteiger partial charge in [0.05, 0.1) is 10.6 Å². The third-order valence-electron chi connectivity index (χ3n) is 3.81. The molecule has 0 radical (unpaired) electrons. The summed E-state index contributed by atoms with van der Waals surface area (Å²) in [7, 11) is -3.76. The lowest BCUT2D eigenvalue weighted by atomic mass is 10.3. The smallest absolute Gasteiger partial charge is 0.238 e. The van der Waals surface area contributed by atoms with Gasteiger partial charge >= 0.3 is 0 Å². The van der Waals surface area contributed by atoms with Gasteiger partial charge in [-0.05, 0) is 42.5 Å². The zero-order chi connectivity index (χ0) is 20.6. The molecular formula is C17H12BrFN6O2S2. The number of aromatic nitrogens is 3. The highest BCUT2D eigenvalue weighted by Gasteiger charge is 2.13. The minimum absolute atomic E-state index is 0.0150. The van der Waals surface area contributed by atoms with Crippen molar-refractivity contribution in [1.82, 2.24) is 15.0 Å². The fourth-order valence-electron chi connectivity index (χ4n) is 2.47. The minimum atomic E-state index is -3.76. The molecule has 2 aromatic heterocycles. The Morgan fingerprint density at radius 3 is 2.52 bits per heavy atom. The van der Waals surface area contributed by atoms with Gasteiger partial charge in [-0.3, -0.25) is 0 Å². The number of nitrogens with one attached hydrogen (secondary N) is 2. The summed E-state index contributed by atoms with van der Waals surface area (Å²) in [6, 6.07) is 10.6. The van der Waals surface area contributed by atoms with E-state index in [1.165, 1.54) is 35.9 Å². The Morgan fingerprint density at radius 1 is 1.07 bits per heavy atom. The molecule has 148 valence electrons. The number of sulfonamides is 1. The van der Waals surface area contributed by atoms with Crippen molar-refractivity contribution in [1.29, 1.82) is 0 Å². The Hall–Kier alpha value is -2.67. The Balaban J connectivity index is 1.62. The molecule has 4 N–H and O–H groups in total. The molecule has 0 atom stereocenters. The van der Waals surface area contributed by atoms with Crippen LogP contribution in [0.2, 0.25) is 0 Å². The molecule has 29 heavy (non-hydrogen) atoms. The number of hydrogen-bond donors (Lipinski definition) is 3. The van der Waals surface area contributed by atoms with E-state index in [9.17, 15) is 12.8 Å². The second-order valence-electron chi connectivity index (χ2n) is 5.84. The van der Waals surface area contributed by atoms with Crippen molar-refractivity contribution in [3.63, 3.8) is 0 Å². The highest BCUT2D eigenvalue weighted by Crippen LogP contribution is 2.33. The number of primary sulfonamides is 1. The van der Waals surface area contributed by atoms with Crippen molar-refractivity contribution in [3.8, 4) is 0 Å². The molecule has 0 saturated carbocycles. The van der Waals surface area contributed by atoms with E-state index in [1.807, 2.05) is 0 Å². The second kappa shape index (κ2) is 7.63. The van der Waals surface area contributed by atoms with Crippen LogP contribution in [0, 0.1) is 5.82 Å². The van der Waals surface area contributed by atoms with E-state index in [2.05, 4.69) is 41.5 Å². The number of rotatable bonds is 5. The number of nitrogens with two attached hydrogens (primary N) is 1. The average Bonchev–Trinajstić information content (AvgIpc) is 3.07. The number of thiazole rings is 1. The Bertz CT molecular complexity index is 1310. The normalized spacial score (nSPS) is 11.6. The van der Waals surface area contributed by atoms with Crippen LogP contribution in [0.1, 0.15) is 0 Å². The standard InChI is InChI=1S/C17H12BrFN6O2S2/c18-9-1-6-13(12(19)7-9)24-15-14-16(22-8-21-15)25-17(28-14)23-10-2-4-11(5-3-10)29(20,26)27/h1-8H,(H2,20,26,27)(H2,21,22,23,24,25). The summed E-state index contributed by atoms with van der Waals surface area (Å²) in [4.78, 5) is 12.7. The van der Waals surface area contributed by atoms with E-state index >= 15 is 0 Å². The number of nitrogens with zero attached hydrogens (tertiary/aromatic N) is 3. The molecule has 4 aromatic rings. The molecule has 2 aromatic carbocycles. The number of hydrogen-bond acceptors (Lipinski definition) is 8. The maximum absolute atomic E-state index is 14.1. The zero-order valence-electron chi connectivity index (χ0n) is 14.4. The lowest BCUT2D eigenvalue weighted by Gasteiger charge is -2.07. The SMILES string of the molecule is NS(=O)(=O)c1ccc(Nc2nc3ncnc(Nc4ccc(Br)cc4F)c3s2)cc1. The van der Waals surface area contributed by atoms with Crippen molar-refractivity contribution in [2.75, 3.05) is 10.6 Å². The van der Waals surface area contributed by atoms with Gasteiger partial charge in [0.1, 0.15) is 16.8 Å². The summed E-state index contributed by atoms with van der Waals surface area (Å²) in [5.41, 5.74) is 1.33. The molecule has 2 heterocycles. The molecule has 0 spiro atoms. The van der Waals surface area contributed by atoms with Gasteiger partial charge in [-0.1, -0.05) is 27.3 Å². The monoisotopic (exact) mass is 494 g/mol. The van der Waals surface area contributed by atoms with Crippen LogP contribution in [0.4, 0.5) is 26.7 Å². The van der Waals surface area contributed by atoms with E-state index < -0.39 is 15.8 Å². The lowest BCUT2D eigenvalue weighted by Crippen LogP contribution is -2.11. The van der Waals surface area contributed by atoms with Crippen LogP contribution in [0.15, 0.2) is 58.2 Å². The van der Waals surface area contributed by atoms with Crippen LogP contribution in [0.3, 0.4) is 0 Å². The van der Waals surface area contributed by atoms with Gasteiger partial charge in [-0.15, -0.1) is 0 Å². The first-order valence-electron chi connectivity index (χ1n) is 8.03. The molecule has 12 heteroatoms. The van der Waals surface area contributed by atoms with Gasteiger partial charge < -0.3 is 10.6 Å². The predicted octanol–water partition coefficient (Wildman–Crippen LogP) is 4.12. The van der Waals surface area contributed by atoms with Crippen LogP contribution in [0.5, 0.6) is 0 Å². The third-order valence-corrected chi connectivity index (χ3v) is 6.20. The van der Waals surface area contributed by atoms with Gasteiger partial charge in [0.25, 0.3) is 0 Å². The molecule has 0 amide bonds. The number of anilines is 4. The fraction of sp³-hybridized carbons (Fsp3) is 0. The Morgan fingerprint density at radius 2 is 1.83 bits per heavy atom. The zero-order valence-corrected chi connectivity index (χ0v) is 17.6. The Labute approximate surface area is 177 Å². The van der Waals surface area contributed by atoms with Crippen molar-refractivity contribution in [2.24, 2.45) is 5.14 Å². The molecule has 0 fully saturated rings. The molecular weight excluding hydrogens is 483 g/mol. The maximum Gasteiger partial charge on any atom is 0.238 e. The third kappa shape index (κ3) is 4.34. The van der Waals surface area contributed by atoms with Gasteiger partial charge in [-0.2, -0.15) is 4.98 Å². The van der Waals surface area contributed by atoms with E-state index in [4.69, 9.17) is 5.14 Å². The van der Waals surface area contributed by atoms with Crippen molar-refractivity contribution in [2.45, 2.75) is 4.90 Å². The number of halogens is 2. The molecule has 0 aliphatic heterocycles. The molecule has 0 bridgehead atoms. The van der Waals surface area contributed by atoms with E-state index in [0.29, 0.717) is 31.5 Å². The van der Waals surface area contributed by atoms with Crippen LogP contribution in [-0.4, -0.2) is 23.4 Å². The summed E-state index contributed by atoms with van der Waals surface area (Å²) < 4.78 is 38.1. The molecule has 4 rings (SSSR count). The van der Waals surface area contributed by atoms with Crippen LogP contribution >= 0.6 is 27.3 Å². The summed E-state index contributed by atoms with van der Waals surface area (Å²) in [5, 5.41) is 11.7. The van der Waals surface area contributed by atoms with E-state index in [1.54, 1.807) is 24.3 Å². The van der Waals surface area contributed by atoms with Gasteiger partial charge in [-0.25, -0.2) is 27.9 Å². The quantitative estimate of drug-likeness (QED) is 0.381. The minimum Gasteiger partial charge on any atom is -0.336 e. The van der Waals surface area contributed by atoms with Crippen molar-refractivity contribution < 1.29 is 12.8 Å². The summed E-state index contributed by atoms with van der Waals surface area (Å²) in [6.45, 7) is 0. The van der Waals surface area contributed by atoms with Crippen LogP contribution in [0.25, 0.3) is 10.3 Å². The van der Waals surface area contributed by atoms with Crippen LogP contribution in [-0.2, 0) is 10.0 Å².